The first kappa shape index (κ1) is 31.8. The third-order valence-corrected chi connectivity index (χ3v) is 8.13. The molecule has 0 spiro atoms. The van der Waals surface area contributed by atoms with Crippen molar-refractivity contribution >= 4 is 29.8 Å². The van der Waals surface area contributed by atoms with Gasteiger partial charge in [-0.25, -0.2) is 0 Å². The molecule has 5 heteroatoms. The SMILES string of the molecule is C=Nc1c(N(C)CCCCCc2ccc(C(C)=O)cc2)ccc(C(CC(=O)O)c2ccc(CCC)c(CC)c2)c1C. The van der Waals surface area contributed by atoms with Crippen molar-refractivity contribution in [3.63, 3.8) is 0 Å². The summed E-state index contributed by atoms with van der Waals surface area (Å²) < 4.78 is 0. The van der Waals surface area contributed by atoms with E-state index in [0.29, 0.717) is 0 Å². The third kappa shape index (κ3) is 8.39. The van der Waals surface area contributed by atoms with Gasteiger partial charge >= 0.3 is 5.97 Å². The van der Waals surface area contributed by atoms with Crippen molar-refractivity contribution in [1.29, 1.82) is 0 Å². The van der Waals surface area contributed by atoms with E-state index >= 15 is 0 Å². The molecule has 3 aromatic carbocycles. The maximum atomic E-state index is 12.0. The molecule has 0 amide bonds. The lowest BCUT2D eigenvalue weighted by Crippen LogP contribution is -2.19. The van der Waals surface area contributed by atoms with Gasteiger partial charge in [-0.1, -0.05) is 75.2 Å². The summed E-state index contributed by atoms with van der Waals surface area (Å²) in [4.78, 5) is 30.1. The predicted octanol–water partition coefficient (Wildman–Crippen LogP) is 8.50. The molecule has 41 heavy (non-hydrogen) atoms. The maximum Gasteiger partial charge on any atom is 0.304 e. The van der Waals surface area contributed by atoms with Crippen molar-refractivity contribution in [2.24, 2.45) is 4.99 Å². The van der Waals surface area contributed by atoms with E-state index in [1.54, 1.807) is 6.92 Å². The Labute approximate surface area is 246 Å². The molecule has 1 unspecified atom stereocenters. The van der Waals surface area contributed by atoms with E-state index in [1.807, 2.05) is 19.1 Å². The van der Waals surface area contributed by atoms with Crippen molar-refractivity contribution < 1.29 is 14.7 Å². The topological polar surface area (TPSA) is 70.0 Å². The summed E-state index contributed by atoms with van der Waals surface area (Å²) in [7, 11) is 2.08. The number of nitrogens with zero attached hydrogens (tertiary/aromatic N) is 2. The number of rotatable bonds is 16. The van der Waals surface area contributed by atoms with Crippen LogP contribution in [0, 0.1) is 6.92 Å². The van der Waals surface area contributed by atoms with E-state index in [0.717, 1.165) is 85.1 Å². The molecule has 0 saturated carbocycles. The molecule has 3 rings (SSSR count). The first-order chi connectivity index (χ1) is 19.7. The average molecular weight is 555 g/mol. The van der Waals surface area contributed by atoms with Gasteiger partial charge in [0.15, 0.2) is 5.78 Å². The van der Waals surface area contributed by atoms with E-state index in [-0.39, 0.29) is 18.1 Å². The van der Waals surface area contributed by atoms with Gasteiger partial charge in [0.25, 0.3) is 0 Å². The van der Waals surface area contributed by atoms with Gasteiger partial charge < -0.3 is 10.0 Å². The Morgan fingerprint density at radius 1 is 0.951 bits per heavy atom. The molecular weight excluding hydrogens is 508 g/mol. The molecule has 1 N–H and O–H groups in total. The number of carboxylic acid groups (broad SMARTS) is 1. The quantitative estimate of drug-likeness (QED) is 0.109. The lowest BCUT2D eigenvalue weighted by atomic mass is 9.83. The molecule has 0 aliphatic rings. The fourth-order valence-corrected chi connectivity index (χ4v) is 5.75. The van der Waals surface area contributed by atoms with Crippen LogP contribution in [0.2, 0.25) is 0 Å². The van der Waals surface area contributed by atoms with Gasteiger partial charge in [-0.2, -0.15) is 0 Å². The van der Waals surface area contributed by atoms with Crippen molar-refractivity contribution in [3.05, 3.63) is 93.5 Å². The normalized spacial score (nSPS) is 11.7. The maximum absolute atomic E-state index is 12.0. The van der Waals surface area contributed by atoms with E-state index in [2.05, 4.69) is 80.0 Å². The Bertz CT molecular complexity index is 1340. The number of aryl methyl sites for hydroxylation is 3. The van der Waals surface area contributed by atoms with Crippen LogP contribution in [0.1, 0.15) is 103 Å². The number of aliphatic carboxylic acids is 1. The zero-order chi connectivity index (χ0) is 29.9. The first-order valence-electron chi connectivity index (χ1n) is 14.9. The molecule has 218 valence electrons. The summed E-state index contributed by atoms with van der Waals surface area (Å²) in [5, 5.41) is 9.82. The van der Waals surface area contributed by atoms with Gasteiger partial charge in [0, 0.05) is 25.1 Å². The monoisotopic (exact) mass is 554 g/mol. The fraction of sp³-hybridized carbons (Fsp3) is 0.417. The smallest absolute Gasteiger partial charge is 0.304 e. The van der Waals surface area contributed by atoms with Gasteiger partial charge in [0.2, 0.25) is 0 Å². The molecular formula is C36H46N2O3. The van der Waals surface area contributed by atoms with E-state index in [4.69, 9.17) is 0 Å². The van der Waals surface area contributed by atoms with Crippen LogP contribution in [-0.2, 0) is 24.1 Å². The number of ketones is 1. The van der Waals surface area contributed by atoms with Crippen LogP contribution in [0.15, 0.2) is 59.6 Å². The zero-order valence-electron chi connectivity index (χ0n) is 25.5. The molecule has 3 aromatic rings. The molecule has 0 bridgehead atoms. The number of aliphatic imine (C=N–C) groups is 1. The minimum Gasteiger partial charge on any atom is -0.481 e. The van der Waals surface area contributed by atoms with Crippen LogP contribution < -0.4 is 4.90 Å². The highest BCUT2D eigenvalue weighted by Gasteiger charge is 2.23. The number of hydrogen-bond acceptors (Lipinski definition) is 4. The standard InChI is InChI=1S/C36H46N2O3/c1-7-12-30-18-19-31(23-28(30)8-2)33(24-35(40)41)32-20-21-34(36(37-5)25(32)3)38(6)22-11-9-10-13-27-14-16-29(17-15-27)26(4)39/h14-21,23,33H,5,7-13,22,24H2,1-4,6H3,(H,40,41). The lowest BCUT2D eigenvalue weighted by molar-refractivity contribution is -0.137. The number of benzene rings is 3. The Morgan fingerprint density at radius 3 is 2.29 bits per heavy atom. The van der Waals surface area contributed by atoms with Crippen molar-refractivity contribution in [1.82, 2.24) is 0 Å². The highest BCUT2D eigenvalue weighted by Crippen LogP contribution is 2.40. The van der Waals surface area contributed by atoms with Crippen molar-refractivity contribution in [2.45, 2.75) is 85.0 Å². The molecule has 0 radical (unpaired) electrons. The molecule has 0 saturated heterocycles. The molecule has 0 fully saturated rings. The second-order valence-electron chi connectivity index (χ2n) is 11.1. The molecule has 0 aliphatic carbocycles. The number of carbonyl (C=O) groups is 2. The molecule has 5 nitrogen and oxygen atoms in total. The largest absolute Gasteiger partial charge is 0.481 e. The van der Waals surface area contributed by atoms with Gasteiger partial charge in [0.1, 0.15) is 0 Å². The predicted molar refractivity (Wildman–Crippen MR) is 172 cm³/mol. The summed E-state index contributed by atoms with van der Waals surface area (Å²) in [6.07, 6.45) is 7.31. The van der Waals surface area contributed by atoms with E-state index < -0.39 is 5.97 Å². The number of carbonyl (C=O) groups excluding carboxylic acids is 1. The number of carboxylic acids is 1. The number of Topliss-reactive ketones (excluding diaryl/α,β-unsaturated/α-hetero) is 1. The number of hydrogen-bond donors (Lipinski definition) is 1. The molecule has 0 aromatic heterocycles. The summed E-state index contributed by atoms with van der Waals surface area (Å²) in [6.45, 7) is 12.7. The van der Waals surface area contributed by atoms with Crippen molar-refractivity contribution in [2.75, 3.05) is 18.5 Å². The minimum absolute atomic E-state index is 0.0281. The van der Waals surface area contributed by atoms with Crippen LogP contribution >= 0.6 is 0 Å². The number of unbranched alkanes of at least 4 members (excludes halogenated alkanes) is 2. The third-order valence-electron chi connectivity index (χ3n) is 8.13. The highest BCUT2D eigenvalue weighted by atomic mass is 16.4. The second-order valence-corrected chi connectivity index (χ2v) is 11.1. The first-order valence-corrected chi connectivity index (χ1v) is 14.9. The summed E-state index contributed by atoms with van der Waals surface area (Å²) in [5.41, 5.74) is 9.52. The lowest BCUT2D eigenvalue weighted by Gasteiger charge is -2.26. The second kappa shape index (κ2) is 15.3. The number of anilines is 1. The van der Waals surface area contributed by atoms with Crippen LogP contribution in [0.3, 0.4) is 0 Å². The zero-order valence-corrected chi connectivity index (χ0v) is 25.5. The Hall–Kier alpha value is -3.73. The van der Waals surface area contributed by atoms with Gasteiger partial charge in [-0.3, -0.25) is 14.6 Å². The summed E-state index contributed by atoms with van der Waals surface area (Å²) >= 11 is 0. The fourth-order valence-electron chi connectivity index (χ4n) is 5.75. The summed E-state index contributed by atoms with van der Waals surface area (Å²) in [5.74, 6) is -0.965. The average Bonchev–Trinajstić information content (AvgIpc) is 2.96. The Balaban J connectivity index is 1.73. The van der Waals surface area contributed by atoms with Gasteiger partial charge in [-0.15, -0.1) is 0 Å². The van der Waals surface area contributed by atoms with E-state index in [9.17, 15) is 14.7 Å². The Kier molecular flexibility index (Phi) is 11.9. The molecule has 0 aliphatic heterocycles. The highest BCUT2D eigenvalue weighted by molar-refractivity contribution is 5.94. The molecule has 1 atom stereocenters. The van der Waals surface area contributed by atoms with Crippen LogP contribution in [0.5, 0.6) is 0 Å². The van der Waals surface area contributed by atoms with Crippen LogP contribution in [0.25, 0.3) is 0 Å². The van der Waals surface area contributed by atoms with Gasteiger partial charge in [0.05, 0.1) is 17.8 Å². The van der Waals surface area contributed by atoms with E-state index in [1.165, 1.54) is 16.7 Å². The van der Waals surface area contributed by atoms with Gasteiger partial charge in [-0.05, 0) is 92.1 Å². The van der Waals surface area contributed by atoms with Crippen molar-refractivity contribution in [3.8, 4) is 0 Å². The Morgan fingerprint density at radius 2 is 1.68 bits per heavy atom. The van der Waals surface area contributed by atoms with Crippen LogP contribution in [-0.4, -0.2) is 37.2 Å². The van der Waals surface area contributed by atoms with Crippen LogP contribution in [0.4, 0.5) is 11.4 Å². The minimum atomic E-state index is -0.811. The summed E-state index contributed by atoms with van der Waals surface area (Å²) in [6, 6.07) is 18.6. The molecule has 0 heterocycles.